The molecule has 1 atom stereocenters. The largest absolute Gasteiger partial charge is 0.481 e. The Morgan fingerprint density at radius 3 is 2.38 bits per heavy atom. The van der Waals surface area contributed by atoms with Gasteiger partial charge in [0.1, 0.15) is 3.92 Å². The fourth-order valence-electron chi connectivity index (χ4n) is 0.531. The van der Waals surface area contributed by atoms with Crippen LogP contribution in [-0.2, 0) is 14.4 Å². The molecule has 0 aliphatic heterocycles. The zero-order valence-electron chi connectivity index (χ0n) is 6.62. The van der Waals surface area contributed by atoms with Crippen molar-refractivity contribution < 1.29 is 19.5 Å². The summed E-state index contributed by atoms with van der Waals surface area (Å²) >= 11 is 1.68. The van der Waals surface area contributed by atoms with Crippen molar-refractivity contribution in [3.8, 4) is 0 Å². The van der Waals surface area contributed by atoms with Crippen LogP contribution < -0.4 is 11.1 Å². The summed E-state index contributed by atoms with van der Waals surface area (Å²) in [6.45, 7) is -0.266. The number of halogens is 1. The van der Waals surface area contributed by atoms with Crippen molar-refractivity contribution in [1.82, 2.24) is 5.32 Å². The molecule has 0 saturated heterocycles. The number of carboxylic acids is 1. The number of nitrogens with one attached hydrogen (secondary N) is 1. The molecule has 2 amide bonds. The van der Waals surface area contributed by atoms with Crippen molar-refractivity contribution in [2.45, 2.75) is 10.3 Å². The van der Waals surface area contributed by atoms with Crippen LogP contribution in [0.5, 0.6) is 0 Å². The fourth-order valence-corrected chi connectivity index (χ4v) is 1.13. The maximum Gasteiger partial charge on any atom is 0.304 e. The maximum absolute atomic E-state index is 11.0. The molecule has 0 aromatic rings. The number of primary amides is 1. The summed E-state index contributed by atoms with van der Waals surface area (Å²) < 4.78 is -0.686. The lowest BCUT2D eigenvalue weighted by Gasteiger charge is -2.06. The molecule has 0 aromatic heterocycles. The maximum atomic E-state index is 11.0. The van der Waals surface area contributed by atoms with E-state index in [0.29, 0.717) is 0 Å². The highest BCUT2D eigenvalue weighted by atomic mass is 127. The van der Waals surface area contributed by atoms with Gasteiger partial charge in [0.15, 0.2) is 0 Å². The topological polar surface area (TPSA) is 109 Å². The average molecular weight is 300 g/mol. The molecule has 7 heteroatoms. The van der Waals surface area contributed by atoms with Crippen LogP contribution in [0, 0.1) is 0 Å². The lowest BCUT2D eigenvalue weighted by atomic mass is 10.3. The Kier molecular flexibility index (Phi) is 5.35. The summed E-state index contributed by atoms with van der Waals surface area (Å²) in [5.41, 5.74) is 4.77. The lowest BCUT2D eigenvalue weighted by molar-refractivity contribution is -0.138. The molecule has 0 unspecified atom stereocenters. The average Bonchev–Trinajstić information content (AvgIpc) is 1.98. The molecule has 0 saturated carbocycles. The predicted molar refractivity (Wildman–Crippen MR) is 52.3 cm³/mol. The zero-order chi connectivity index (χ0) is 10.4. The third kappa shape index (κ3) is 6.31. The first kappa shape index (κ1) is 12.1. The number of carboxylic acid groups (broad SMARTS) is 1. The monoisotopic (exact) mass is 300 g/mol. The predicted octanol–water partition coefficient (Wildman–Crippen LogP) is -1.13. The van der Waals surface area contributed by atoms with Crippen LogP contribution in [0.15, 0.2) is 0 Å². The minimum atomic E-state index is -1.06. The van der Waals surface area contributed by atoms with Gasteiger partial charge >= 0.3 is 5.97 Å². The smallest absolute Gasteiger partial charge is 0.304 e. The molecular weight excluding hydrogens is 291 g/mol. The molecule has 0 spiro atoms. The number of aliphatic carboxylic acids is 1. The van der Waals surface area contributed by atoms with E-state index in [-0.39, 0.29) is 13.0 Å². The molecule has 0 aromatic carbocycles. The Morgan fingerprint density at radius 2 is 2.00 bits per heavy atom. The Hall–Kier alpha value is -0.860. The summed E-state index contributed by atoms with van der Waals surface area (Å²) in [5, 5.41) is 10.5. The number of rotatable bonds is 5. The van der Waals surface area contributed by atoms with Crippen molar-refractivity contribution in [2.75, 3.05) is 6.54 Å². The van der Waals surface area contributed by atoms with E-state index >= 15 is 0 Å². The van der Waals surface area contributed by atoms with Gasteiger partial charge in [0.2, 0.25) is 11.8 Å². The van der Waals surface area contributed by atoms with Gasteiger partial charge in [-0.15, -0.1) is 0 Å². The van der Waals surface area contributed by atoms with Crippen LogP contribution in [0.2, 0.25) is 0 Å². The number of hydrogen-bond donors (Lipinski definition) is 3. The van der Waals surface area contributed by atoms with Gasteiger partial charge in [0.25, 0.3) is 0 Å². The summed E-state index contributed by atoms with van der Waals surface area (Å²) in [5.74, 6) is -2.22. The molecule has 13 heavy (non-hydrogen) atoms. The molecule has 6 nitrogen and oxygen atoms in total. The van der Waals surface area contributed by atoms with E-state index in [4.69, 9.17) is 10.8 Å². The molecule has 0 bridgehead atoms. The first-order valence-electron chi connectivity index (χ1n) is 3.35. The van der Waals surface area contributed by atoms with Crippen molar-refractivity contribution in [3.63, 3.8) is 0 Å². The van der Waals surface area contributed by atoms with E-state index in [2.05, 4.69) is 5.32 Å². The van der Waals surface area contributed by atoms with Gasteiger partial charge in [-0.05, 0) is 0 Å². The van der Waals surface area contributed by atoms with Crippen LogP contribution in [0.3, 0.4) is 0 Å². The van der Waals surface area contributed by atoms with E-state index in [9.17, 15) is 14.4 Å². The molecule has 4 N–H and O–H groups in total. The molecule has 74 valence electrons. The minimum Gasteiger partial charge on any atom is -0.481 e. The molecule has 0 heterocycles. The van der Waals surface area contributed by atoms with Crippen molar-refractivity contribution >= 4 is 40.4 Å². The molecule has 0 rings (SSSR count). The zero-order valence-corrected chi connectivity index (χ0v) is 8.78. The normalized spacial score (nSPS) is 11.8. The van der Waals surface area contributed by atoms with Crippen molar-refractivity contribution in [1.29, 1.82) is 0 Å². The number of hydrogen-bond acceptors (Lipinski definition) is 3. The van der Waals surface area contributed by atoms with Gasteiger partial charge in [-0.3, -0.25) is 14.4 Å². The van der Waals surface area contributed by atoms with Gasteiger partial charge in [-0.1, -0.05) is 22.6 Å². The number of amides is 2. The number of carbonyl (C=O) groups is 3. The highest BCUT2D eigenvalue weighted by molar-refractivity contribution is 14.1. The van der Waals surface area contributed by atoms with Gasteiger partial charge in [-0.2, -0.15) is 0 Å². The first-order valence-corrected chi connectivity index (χ1v) is 4.60. The second kappa shape index (κ2) is 5.73. The van der Waals surface area contributed by atoms with Crippen LogP contribution >= 0.6 is 22.6 Å². The van der Waals surface area contributed by atoms with Gasteiger partial charge in [0.05, 0.1) is 13.0 Å². The number of alkyl halides is 1. The fraction of sp³-hybridized carbons (Fsp3) is 0.500. The van der Waals surface area contributed by atoms with Crippen LogP contribution in [0.25, 0.3) is 0 Å². The lowest BCUT2D eigenvalue weighted by Crippen LogP contribution is -2.38. The van der Waals surface area contributed by atoms with Crippen LogP contribution in [-0.4, -0.2) is 33.4 Å². The van der Waals surface area contributed by atoms with Crippen molar-refractivity contribution in [2.24, 2.45) is 5.73 Å². The number of carbonyl (C=O) groups excluding carboxylic acids is 2. The Labute approximate surface area is 88.0 Å². The summed E-state index contributed by atoms with van der Waals surface area (Å²) in [6, 6.07) is 0. The molecule has 0 aliphatic rings. The standard InChI is InChI=1S/C6H9IN2O4/c7-3(1-5(11)12)6(13)9-2-4(8)10/h3H,1-2H2,(H2,8,10)(H,9,13)(H,11,12)/t3-/m1/s1. The van der Waals surface area contributed by atoms with E-state index in [0.717, 1.165) is 0 Å². The summed E-state index contributed by atoms with van der Waals surface area (Å²) in [6.07, 6.45) is -0.273. The molecule has 0 radical (unpaired) electrons. The minimum absolute atomic E-state index is 0.266. The molecular formula is C6H9IN2O4. The van der Waals surface area contributed by atoms with Crippen molar-refractivity contribution in [3.05, 3.63) is 0 Å². The van der Waals surface area contributed by atoms with Gasteiger partial charge < -0.3 is 16.2 Å². The van der Waals surface area contributed by atoms with E-state index in [1.807, 2.05) is 0 Å². The van der Waals surface area contributed by atoms with Crippen LogP contribution in [0.1, 0.15) is 6.42 Å². The second-order valence-electron chi connectivity index (χ2n) is 2.25. The summed E-state index contributed by atoms with van der Waals surface area (Å²) in [7, 11) is 0. The van der Waals surface area contributed by atoms with E-state index in [1.54, 1.807) is 22.6 Å². The third-order valence-electron chi connectivity index (χ3n) is 1.08. The van der Waals surface area contributed by atoms with E-state index < -0.39 is 21.7 Å². The highest BCUT2D eigenvalue weighted by Crippen LogP contribution is 2.05. The Morgan fingerprint density at radius 1 is 1.46 bits per heavy atom. The van der Waals surface area contributed by atoms with Gasteiger partial charge in [-0.25, -0.2) is 0 Å². The van der Waals surface area contributed by atoms with Gasteiger partial charge in [0, 0.05) is 0 Å². The van der Waals surface area contributed by atoms with Crippen LogP contribution in [0.4, 0.5) is 0 Å². The third-order valence-corrected chi connectivity index (χ3v) is 2.08. The first-order chi connectivity index (χ1) is 5.93. The quantitative estimate of drug-likeness (QED) is 0.440. The SMILES string of the molecule is NC(=O)CNC(=O)[C@H](I)CC(=O)O. The van der Waals surface area contributed by atoms with E-state index in [1.165, 1.54) is 0 Å². The Balaban J connectivity index is 3.82. The second-order valence-corrected chi connectivity index (χ2v) is 3.75. The molecule has 0 aliphatic carbocycles. The Bertz CT molecular complexity index is 231. The highest BCUT2D eigenvalue weighted by Gasteiger charge is 2.17. The summed E-state index contributed by atoms with van der Waals surface area (Å²) in [4.78, 5) is 31.4. The number of nitrogens with two attached hydrogens (primary N) is 1. The molecule has 0 fully saturated rings.